The number of rotatable bonds is 4. The van der Waals surface area contributed by atoms with Crippen LogP contribution in [0.1, 0.15) is 19.8 Å². The lowest BCUT2D eigenvalue weighted by atomic mass is 10.4. The largest absolute Gasteiger partial charge is 0.486 e. The molecule has 0 atom stereocenters. The first-order valence-corrected chi connectivity index (χ1v) is 4.52. The van der Waals surface area contributed by atoms with E-state index in [9.17, 15) is 0 Å². The van der Waals surface area contributed by atoms with Crippen molar-refractivity contribution in [3.8, 4) is 0 Å². The van der Waals surface area contributed by atoms with E-state index in [1.54, 1.807) is 0 Å². The molecule has 0 spiro atoms. The summed E-state index contributed by atoms with van der Waals surface area (Å²) in [5, 5.41) is 5.10. The van der Waals surface area contributed by atoms with Crippen LogP contribution in [0, 0.1) is 0 Å². The van der Waals surface area contributed by atoms with Crippen molar-refractivity contribution in [2.45, 2.75) is 19.8 Å². The van der Waals surface area contributed by atoms with E-state index in [1.165, 1.54) is 6.42 Å². The lowest BCUT2D eigenvalue weighted by Gasteiger charge is -2.00. The predicted molar refractivity (Wildman–Crippen MR) is 47.5 cm³/mol. The highest BCUT2D eigenvalue weighted by molar-refractivity contribution is 8.00. The van der Waals surface area contributed by atoms with Crippen LogP contribution in [0.5, 0.6) is 0 Å². The molecule has 0 saturated carbocycles. The van der Waals surface area contributed by atoms with Crippen LogP contribution in [0.15, 0.2) is 17.2 Å². The zero-order valence-electron chi connectivity index (χ0n) is 6.13. The molecule has 0 unspecified atom stereocenters. The second-order valence-electron chi connectivity index (χ2n) is 2.12. The van der Waals surface area contributed by atoms with Crippen LogP contribution >= 0.6 is 11.4 Å². The van der Waals surface area contributed by atoms with Crippen molar-refractivity contribution in [1.82, 2.24) is 0 Å². The fraction of sp³-hybridized carbons (Fsp3) is 0.500. The van der Waals surface area contributed by atoms with Crippen molar-refractivity contribution in [2.24, 2.45) is 0 Å². The topological polar surface area (TPSA) is 9.23 Å². The molecule has 2 heteroatoms. The van der Waals surface area contributed by atoms with E-state index in [1.807, 2.05) is 11.5 Å². The van der Waals surface area contributed by atoms with Crippen LogP contribution in [-0.4, -0.2) is 11.6 Å². The Morgan fingerprint density at radius 2 is 2.60 bits per heavy atom. The molecule has 56 valence electrons. The minimum absolute atomic E-state index is 0.832. The molecule has 0 aliphatic carbocycles. The molecule has 1 heterocycles. The lowest BCUT2D eigenvalue weighted by Crippen LogP contribution is -1.91. The molecule has 1 nitrogen and oxygen atoms in total. The molecule has 10 heavy (non-hydrogen) atoms. The fourth-order valence-corrected chi connectivity index (χ4v) is 1.20. The highest BCUT2D eigenvalue weighted by atomic mass is 32.1. The summed E-state index contributed by atoms with van der Waals surface area (Å²) in [7, 11) is 0. The molecule has 0 aromatic carbocycles. The van der Waals surface area contributed by atoms with Crippen molar-refractivity contribution in [3.63, 3.8) is 0 Å². The van der Waals surface area contributed by atoms with Crippen molar-refractivity contribution >= 4 is 16.4 Å². The summed E-state index contributed by atoms with van der Waals surface area (Å²) < 4.78 is 5.36. The minimum Gasteiger partial charge on any atom is -0.486 e. The molecular weight excluding hydrogens is 144 g/mol. The lowest BCUT2D eigenvalue weighted by molar-refractivity contribution is 0.225. The van der Waals surface area contributed by atoms with Crippen LogP contribution in [-0.2, 0) is 4.74 Å². The van der Waals surface area contributed by atoms with Gasteiger partial charge in [-0.25, -0.2) is 0 Å². The number of thiol groups is 1. The average Bonchev–Trinajstić information content (AvgIpc) is 2.41. The van der Waals surface area contributed by atoms with E-state index in [-0.39, 0.29) is 0 Å². The zero-order valence-corrected chi connectivity index (χ0v) is 7.03. The van der Waals surface area contributed by atoms with Gasteiger partial charge in [-0.1, -0.05) is 13.3 Å². The van der Waals surface area contributed by atoms with Gasteiger partial charge in [-0.3, -0.25) is 0 Å². The highest BCUT2D eigenvalue weighted by Gasteiger charge is 1.92. The van der Waals surface area contributed by atoms with Gasteiger partial charge in [-0.2, -0.15) is 0 Å². The van der Waals surface area contributed by atoms with Crippen LogP contribution in [0.3, 0.4) is 0 Å². The smallest absolute Gasteiger partial charge is 0.168 e. The van der Waals surface area contributed by atoms with Gasteiger partial charge < -0.3 is 4.74 Å². The maximum absolute atomic E-state index is 5.36. The summed E-state index contributed by atoms with van der Waals surface area (Å²) in [4.78, 5) is 0. The van der Waals surface area contributed by atoms with Gasteiger partial charge in [0, 0.05) is 0 Å². The van der Waals surface area contributed by atoms with Gasteiger partial charge >= 0.3 is 0 Å². The first-order chi connectivity index (χ1) is 4.93. The van der Waals surface area contributed by atoms with Gasteiger partial charge in [0.15, 0.2) is 5.76 Å². The Kier molecular flexibility index (Phi) is 3.34. The average molecular weight is 156 g/mol. The molecule has 0 fully saturated rings. The Balaban J connectivity index is 2.15. The second kappa shape index (κ2) is 4.37. The summed E-state index contributed by atoms with van der Waals surface area (Å²) in [6.45, 7) is 2.99. The van der Waals surface area contributed by atoms with Gasteiger partial charge in [-0.15, -0.1) is 11.4 Å². The Labute approximate surface area is 65.3 Å². The van der Waals surface area contributed by atoms with Crippen molar-refractivity contribution < 1.29 is 4.74 Å². The number of hydrogen-bond acceptors (Lipinski definition) is 1. The Hall–Kier alpha value is -0.460. The van der Waals surface area contributed by atoms with Crippen molar-refractivity contribution in [1.29, 1.82) is 0 Å². The maximum atomic E-state index is 5.36. The Bertz CT molecular complexity index is 187. The molecule has 0 aromatic heterocycles. The van der Waals surface area contributed by atoms with E-state index in [4.69, 9.17) is 4.74 Å². The van der Waals surface area contributed by atoms with Gasteiger partial charge in [0.25, 0.3) is 0 Å². The predicted octanol–water partition coefficient (Wildman–Crippen LogP) is 2.08. The summed E-state index contributed by atoms with van der Waals surface area (Å²) in [6.07, 6.45) is 4.29. The number of unbranched alkanes of at least 4 members (excludes halogenated alkanes) is 1. The van der Waals surface area contributed by atoms with Gasteiger partial charge in [0.1, 0.15) is 0 Å². The molecule has 0 saturated heterocycles. The fourth-order valence-electron chi connectivity index (χ4n) is 0.650. The zero-order chi connectivity index (χ0) is 7.23. The first kappa shape index (κ1) is 7.64. The third kappa shape index (κ3) is 2.42. The standard InChI is InChI=1S/C8H12OS/c1-2-3-5-9-8-4-6-10-7-8/h4,6,10H,2-3,5H2,1H3. The van der Waals surface area contributed by atoms with Crippen LogP contribution in [0.25, 0.3) is 0 Å². The molecule has 1 aliphatic heterocycles. The number of hydrogen-bond donors (Lipinski definition) is 1. The van der Waals surface area contributed by atoms with Crippen LogP contribution < -0.4 is 0 Å². The Morgan fingerprint density at radius 3 is 3.20 bits per heavy atom. The third-order valence-corrected chi connectivity index (χ3v) is 1.88. The van der Waals surface area contributed by atoms with Gasteiger partial charge in [0.05, 0.1) is 6.61 Å². The monoisotopic (exact) mass is 156 g/mol. The minimum atomic E-state index is 0.832. The molecule has 1 rings (SSSR count). The highest BCUT2D eigenvalue weighted by Crippen LogP contribution is 2.05. The summed E-state index contributed by atoms with van der Waals surface area (Å²) in [6, 6.07) is 0. The SMILES string of the molecule is CCCCOC1=C=[SH]C=C1. The van der Waals surface area contributed by atoms with E-state index in [0.717, 1.165) is 30.1 Å². The molecule has 0 bridgehead atoms. The van der Waals surface area contributed by atoms with Crippen molar-refractivity contribution in [3.05, 3.63) is 17.2 Å². The molecule has 0 aromatic rings. The normalized spacial score (nSPS) is 14.7. The first-order valence-electron chi connectivity index (χ1n) is 3.55. The summed E-state index contributed by atoms with van der Waals surface area (Å²) in [5.41, 5.74) is 0. The quantitative estimate of drug-likeness (QED) is 0.372. The molecule has 1 aliphatic rings. The molecular formula is C8H12OS. The van der Waals surface area contributed by atoms with Crippen LogP contribution in [0.2, 0.25) is 0 Å². The number of ether oxygens (including phenoxy) is 1. The van der Waals surface area contributed by atoms with Crippen LogP contribution in [0.4, 0.5) is 0 Å². The Morgan fingerprint density at radius 1 is 1.70 bits per heavy atom. The van der Waals surface area contributed by atoms with Gasteiger partial charge in [-0.05, 0) is 22.9 Å². The third-order valence-electron chi connectivity index (χ3n) is 1.23. The van der Waals surface area contributed by atoms with E-state index in [0.29, 0.717) is 0 Å². The maximum Gasteiger partial charge on any atom is 0.168 e. The van der Waals surface area contributed by atoms with Gasteiger partial charge in [0.2, 0.25) is 0 Å². The molecule has 0 radical (unpaired) electrons. The number of allylic oxidation sites excluding steroid dienone is 1. The van der Waals surface area contributed by atoms with E-state index in [2.05, 4.69) is 11.9 Å². The van der Waals surface area contributed by atoms with E-state index >= 15 is 0 Å². The summed E-state index contributed by atoms with van der Waals surface area (Å²) >= 11 is 1.13. The van der Waals surface area contributed by atoms with Crippen molar-refractivity contribution in [2.75, 3.05) is 6.61 Å². The molecule has 0 N–H and O–H groups in total. The van der Waals surface area contributed by atoms with E-state index < -0.39 is 0 Å². The summed E-state index contributed by atoms with van der Waals surface area (Å²) in [5.74, 6) is 0.912. The second-order valence-corrected chi connectivity index (χ2v) is 2.90. The molecule has 0 amide bonds.